The lowest BCUT2D eigenvalue weighted by molar-refractivity contribution is 0.0729. The van der Waals surface area contributed by atoms with Crippen LogP contribution in [0.1, 0.15) is 21.5 Å². The standard InChI is InChI=1S/C17H15NO4/c1-20-11-13-4-3-5-14(8-13)17(19)22-15-7-6-12(10-18)9-16(15)21-2/h3-9H,11H2,1-2H3. The normalized spacial score (nSPS) is 9.86. The van der Waals surface area contributed by atoms with Gasteiger partial charge in [0.2, 0.25) is 0 Å². The van der Waals surface area contributed by atoms with Gasteiger partial charge in [0.15, 0.2) is 11.5 Å². The van der Waals surface area contributed by atoms with Crippen molar-refractivity contribution >= 4 is 5.97 Å². The van der Waals surface area contributed by atoms with Gasteiger partial charge in [-0.15, -0.1) is 0 Å². The Morgan fingerprint density at radius 2 is 1.95 bits per heavy atom. The smallest absolute Gasteiger partial charge is 0.343 e. The van der Waals surface area contributed by atoms with Crippen molar-refractivity contribution in [3.63, 3.8) is 0 Å². The number of ether oxygens (including phenoxy) is 3. The van der Waals surface area contributed by atoms with Crippen LogP contribution in [0, 0.1) is 11.3 Å². The lowest BCUT2D eigenvalue weighted by Gasteiger charge is -2.10. The van der Waals surface area contributed by atoms with Gasteiger partial charge in [0.1, 0.15) is 0 Å². The molecule has 0 aliphatic carbocycles. The van der Waals surface area contributed by atoms with Gasteiger partial charge in [0.05, 0.1) is 30.9 Å². The van der Waals surface area contributed by atoms with Crippen LogP contribution in [0.15, 0.2) is 42.5 Å². The van der Waals surface area contributed by atoms with Crippen molar-refractivity contribution in [2.75, 3.05) is 14.2 Å². The van der Waals surface area contributed by atoms with E-state index in [9.17, 15) is 4.79 Å². The maximum Gasteiger partial charge on any atom is 0.343 e. The largest absolute Gasteiger partial charge is 0.493 e. The zero-order valence-corrected chi connectivity index (χ0v) is 12.3. The Hall–Kier alpha value is -2.84. The molecular formula is C17H15NO4. The van der Waals surface area contributed by atoms with Gasteiger partial charge in [-0.25, -0.2) is 4.79 Å². The second-order valence-electron chi connectivity index (χ2n) is 4.50. The summed E-state index contributed by atoms with van der Waals surface area (Å²) in [5, 5.41) is 8.86. The van der Waals surface area contributed by atoms with E-state index in [4.69, 9.17) is 19.5 Å². The molecule has 0 saturated carbocycles. The first-order valence-corrected chi connectivity index (χ1v) is 6.56. The highest BCUT2D eigenvalue weighted by atomic mass is 16.6. The monoisotopic (exact) mass is 297 g/mol. The number of benzene rings is 2. The Kier molecular flexibility index (Phi) is 5.12. The molecule has 0 radical (unpaired) electrons. The molecule has 5 heteroatoms. The predicted molar refractivity (Wildman–Crippen MR) is 79.8 cm³/mol. The minimum absolute atomic E-state index is 0.267. The van der Waals surface area contributed by atoms with Crippen LogP contribution in [-0.2, 0) is 11.3 Å². The molecule has 22 heavy (non-hydrogen) atoms. The molecule has 2 aromatic carbocycles. The first kappa shape index (κ1) is 15.5. The van der Waals surface area contributed by atoms with Crippen molar-refractivity contribution < 1.29 is 19.0 Å². The average Bonchev–Trinajstić information content (AvgIpc) is 2.55. The second-order valence-corrected chi connectivity index (χ2v) is 4.50. The predicted octanol–water partition coefficient (Wildman–Crippen LogP) is 2.93. The zero-order valence-electron chi connectivity index (χ0n) is 12.3. The Bertz CT molecular complexity index is 719. The van der Waals surface area contributed by atoms with Gasteiger partial charge in [-0.3, -0.25) is 0 Å². The van der Waals surface area contributed by atoms with E-state index in [1.54, 1.807) is 31.4 Å². The van der Waals surface area contributed by atoms with Gasteiger partial charge in [-0.1, -0.05) is 12.1 Å². The van der Waals surface area contributed by atoms with Crippen LogP contribution >= 0.6 is 0 Å². The summed E-state index contributed by atoms with van der Waals surface area (Å²) in [6, 6.07) is 13.6. The van der Waals surface area contributed by atoms with Crippen molar-refractivity contribution in [1.82, 2.24) is 0 Å². The van der Waals surface area contributed by atoms with Crippen LogP contribution in [0.4, 0.5) is 0 Å². The minimum Gasteiger partial charge on any atom is -0.493 e. The van der Waals surface area contributed by atoms with Crippen molar-refractivity contribution in [2.45, 2.75) is 6.61 Å². The molecule has 2 rings (SSSR count). The topological polar surface area (TPSA) is 68.5 Å². The lowest BCUT2D eigenvalue weighted by Crippen LogP contribution is -2.09. The van der Waals surface area contributed by atoms with Crippen molar-refractivity contribution in [3.05, 3.63) is 59.2 Å². The van der Waals surface area contributed by atoms with E-state index in [0.29, 0.717) is 23.5 Å². The number of carbonyl (C=O) groups excluding carboxylic acids is 1. The van der Waals surface area contributed by atoms with Crippen LogP contribution in [0.2, 0.25) is 0 Å². The summed E-state index contributed by atoms with van der Waals surface area (Å²) in [6.07, 6.45) is 0. The molecule has 0 aliphatic rings. The van der Waals surface area contributed by atoms with Gasteiger partial charge in [-0.05, 0) is 29.8 Å². The summed E-state index contributed by atoms with van der Waals surface area (Å²) in [7, 11) is 3.04. The number of hydrogen-bond donors (Lipinski definition) is 0. The highest BCUT2D eigenvalue weighted by Gasteiger charge is 2.13. The summed E-state index contributed by atoms with van der Waals surface area (Å²) in [6.45, 7) is 0.418. The first-order chi connectivity index (χ1) is 10.7. The molecule has 0 aromatic heterocycles. The second kappa shape index (κ2) is 7.25. The van der Waals surface area contributed by atoms with Crippen LogP contribution in [-0.4, -0.2) is 20.2 Å². The summed E-state index contributed by atoms with van der Waals surface area (Å²) in [4.78, 5) is 12.2. The van der Waals surface area contributed by atoms with Gasteiger partial charge >= 0.3 is 5.97 Å². The van der Waals surface area contributed by atoms with Crippen molar-refractivity contribution in [3.8, 4) is 17.6 Å². The van der Waals surface area contributed by atoms with Gasteiger partial charge in [-0.2, -0.15) is 5.26 Å². The molecule has 0 atom stereocenters. The maximum atomic E-state index is 12.2. The molecule has 112 valence electrons. The number of esters is 1. The van der Waals surface area contributed by atoms with Crippen molar-refractivity contribution in [2.24, 2.45) is 0 Å². The Balaban J connectivity index is 2.22. The molecule has 2 aromatic rings. The molecule has 0 spiro atoms. The van der Waals surface area contributed by atoms with E-state index >= 15 is 0 Å². The first-order valence-electron chi connectivity index (χ1n) is 6.56. The molecule has 0 unspecified atom stereocenters. The number of methoxy groups -OCH3 is 2. The Morgan fingerprint density at radius 1 is 1.14 bits per heavy atom. The highest BCUT2D eigenvalue weighted by molar-refractivity contribution is 5.91. The fourth-order valence-corrected chi connectivity index (χ4v) is 1.93. The number of hydrogen-bond acceptors (Lipinski definition) is 5. The summed E-state index contributed by atoms with van der Waals surface area (Å²) >= 11 is 0. The van der Waals surface area contributed by atoms with Crippen LogP contribution in [0.25, 0.3) is 0 Å². The number of nitriles is 1. The summed E-state index contributed by atoms with van der Waals surface area (Å²) in [5.41, 5.74) is 1.73. The molecule has 5 nitrogen and oxygen atoms in total. The van der Waals surface area contributed by atoms with E-state index in [0.717, 1.165) is 5.56 Å². The fourth-order valence-electron chi connectivity index (χ4n) is 1.93. The summed E-state index contributed by atoms with van der Waals surface area (Å²) in [5.74, 6) is 0.102. The average molecular weight is 297 g/mol. The van der Waals surface area contributed by atoms with E-state index in [1.165, 1.54) is 19.2 Å². The quantitative estimate of drug-likeness (QED) is 0.627. The van der Waals surface area contributed by atoms with Crippen LogP contribution in [0.3, 0.4) is 0 Å². The molecule has 0 N–H and O–H groups in total. The fraction of sp³-hybridized carbons (Fsp3) is 0.176. The van der Waals surface area contributed by atoms with E-state index in [2.05, 4.69) is 0 Å². The number of carbonyl (C=O) groups is 1. The van der Waals surface area contributed by atoms with Crippen molar-refractivity contribution in [1.29, 1.82) is 5.26 Å². The highest BCUT2D eigenvalue weighted by Crippen LogP contribution is 2.28. The molecular weight excluding hydrogens is 282 g/mol. The lowest BCUT2D eigenvalue weighted by atomic mass is 10.1. The van der Waals surface area contributed by atoms with E-state index < -0.39 is 5.97 Å². The van der Waals surface area contributed by atoms with E-state index in [1.807, 2.05) is 12.1 Å². The molecule has 0 amide bonds. The van der Waals surface area contributed by atoms with Crippen LogP contribution < -0.4 is 9.47 Å². The summed E-state index contributed by atoms with van der Waals surface area (Å²) < 4.78 is 15.5. The number of rotatable bonds is 5. The third-order valence-corrected chi connectivity index (χ3v) is 2.97. The Labute approximate surface area is 128 Å². The third kappa shape index (κ3) is 3.62. The van der Waals surface area contributed by atoms with Gasteiger partial charge in [0.25, 0.3) is 0 Å². The zero-order chi connectivity index (χ0) is 15.9. The van der Waals surface area contributed by atoms with E-state index in [-0.39, 0.29) is 5.75 Å². The third-order valence-electron chi connectivity index (χ3n) is 2.97. The molecule has 0 bridgehead atoms. The minimum atomic E-state index is -0.499. The SMILES string of the molecule is COCc1cccc(C(=O)Oc2ccc(C#N)cc2OC)c1. The van der Waals surface area contributed by atoms with Gasteiger partial charge in [0, 0.05) is 13.2 Å². The molecule has 0 aliphatic heterocycles. The molecule has 0 fully saturated rings. The van der Waals surface area contributed by atoms with Crippen LogP contribution in [0.5, 0.6) is 11.5 Å². The molecule has 0 heterocycles. The number of nitrogens with zero attached hydrogens (tertiary/aromatic N) is 1. The van der Waals surface area contributed by atoms with Gasteiger partial charge < -0.3 is 14.2 Å². The molecule has 0 saturated heterocycles. The maximum absolute atomic E-state index is 12.2. The Morgan fingerprint density at radius 3 is 2.64 bits per heavy atom.